The van der Waals surface area contributed by atoms with Crippen molar-refractivity contribution in [3.8, 4) is 11.8 Å². The Hall–Kier alpha value is -1.61. The SMILES string of the molecule is CCCS(=O)(=O)CCOc1ccc(C#N)cc1F. The smallest absolute Gasteiger partial charge is 0.166 e. The minimum absolute atomic E-state index is 0.0410. The molecule has 0 radical (unpaired) electrons. The van der Waals surface area contributed by atoms with Crippen molar-refractivity contribution in [3.05, 3.63) is 29.6 Å². The monoisotopic (exact) mass is 271 g/mol. The number of rotatable bonds is 6. The summed E-state index contributed by atoms with van der Waals surface area (Å²) in [4.78, 5) is 0. The normalized spacial score (nSPS) is 10.9. The van der Waals surface area contributed by atoms with Crippen LogP contribution in [0.2, 0.25) is 0 Å². The first-order chi connectivity index (χ1) is 8.48. The molecule has 4 nitrogen and oxygen atoms in total. The van der Waals surface area contributed by atoms with Crippen molar-refractivity contribution in [1.29, 1.82) is 5.26 Å². The highest BCUT2D eigenvalue weighted by Crippen LogP contribution is 2.17. The van der Waals surface area contributed by atoms with E-state index in [1.165, 1.54) is 12.1 Å². The van der Waals surface area contributed by atoms with Gasteiger partial charge in [0.1, 0.15) is 6.61 Å². The summed E-state index contributed by atoms with van der Waals surface area (Å²) in [7, 11) is -3.13. The Morgan fingerprint density at radius 1 is 1.39 bits per heavy atom. The summed E-state index contributed by atoms with van der Waals surface area (Å²) >= 11 is 0. The van der Waals surface area contributed by atoms with Crippen molar-refractivity contribution in [1.82, 2.24) is 0 Å². The van der Waals surface area contributed by atoms with Crippen molar-refractivity contribution in [2.45, 2.75) is 13.3 Å². The highest BCUT2D eigenvalue weighted by atomic mass is 32.2. The van der Waals surface area contributed by atoms with Crippen LogP contribution in [0.5, 0.6) is 5.75 Å². The van der Waals surface area contributed by atoms with Crippen LogP contribution in [0.25, 0.3) is 0 Å². The van der Waals surface area contributed by atoms with Crippen LogP contribution < -0.4 is 4.74 Å². The molecule has 1 rings (SSSR count). The number of benzene rings is 1. The topological polar surface area (TPSA) is 67.2 Å². The number of sulfone groups is 1. The van der Waals surface area contributed by atoms with Gasteiger partial charge in [-0.15, -0.1) is 0 Å². The molecule has 0 unspecified atom stereocenters. The molecule has 18 heavy (non-hydrogen) atoms. The van der Waals surface area contributed by atoms with Crippen LogP contribution in [-0.2, 0) is 9.84 Å². The van der Waals surface area contributed by atoms with Gasteiger partial charge in [-0.1, -0.05) is 6.92 Å². The molecule has 0 atom stereocenters. The van der Waals surface area contributed by atoms with Gasteiger partial charge < -0.3 is 4.74 Å². The Bertz CT molecular complexity index is 549. The number of ether oxygens (including phenoxy) is 1. The summed E-state index contributed by atoms with van der Waals surface area (Å²) < 4.78 is 41.2. The molecule has 0 aromatic heterocycles. The van der Waals surface area contributed by atoms with E-state index in [1.54, 1.807) is 13.0 Å². The fourth-order valence-electron chi connectivity index (χ4n) is 1.38. The molecule has 0 fully saturated rings. The van der Waals surface area contributed by atoms with E-state index in [0.717, 1.165) is 6.07 Å². The molecule has 0 saturated heterocycles. The summed E-state index contributed by atoms with van der Waals surface area (Å²) in [5, 5.41) is 8.56. The third-order valence-electron chi connectivity index (χ3n) is 2.23. The molecular formula is C12H14FNO3S. The first-order valence-electron chi connectivity index (χ1n) is 5.51. The number of nitriles is 1. The van der Waals surface area contributed by atoms with Gasteiger partial charge in [-0.05, 0) is 24.6 Å². The van der Waals surface area contributed by atoms with Crippen LogP contribution in [-0.4, -0.2) is 26.5 Å². The zero-order valence-corrected chi connectivity index (χ0v) is 10.8. The molecule has 0 amide bonds. The average Bonchev–Trinajstić information content (AvgIpc) is 2.31. The van der Waals surface area contributed by atoms with Gasteiger partial charge in [0.2, 0.25) is 0 Å². The first kappa shape index (κ1) is 14.5. The van der Waals surface area contributed by atoms with Gasteiger partial charge in [0.05, 0.1) is 23.1 Å². The van der Waals surface area contributed by atoms with Gasteiger partial charge in [0.25, 0.3) is 0 Å². The molecule has 0 aliphatic heterocycles. The zero-order chi connectivity index (χ0) is 13.6. The van der Waals surface area contributed by atoms with Gasteiger partial charge in [-0.25, -0.2) is 12.8 Å². The molecule has 0 heterocycles. The summed E-state index contributed by atoms with van der Waals surface area (Å²) in [5.74, 6) is -0.741. The molecule has 0 aliphatic rings. The first-order valence-corrected chi connectivity index (χ1v) is 7.33. The minimum atomic E-state index is -3.13. The number of halogens is 1. The van der Waals surface area contributed by atoms with E-state index in [9.17, 15) is 12.8 Å². The third kappa shape index (κ3) is 4.34. The fraction of sp³-hybridized carbons (Fsp3) is 0.417. The summed E-state index contributed by atoms with van der Waals surface area (Å²) in [6.07, 6.45) is 0.549. The second-order valence-corrected chi connectivity index (χ2v) is 6.06. The lowest BCUT2D eigenvalue weighted by Crippen LogP contribution is -2.17. The largest absolute Gasteiger partial charge is 0.489 e. The molecule has 1 aromatic carbocycles. The Kier molecular flexibility index (Phi) is 5.10. The zero-order valence-electron chi connectivity index (χ0n) is 10.0. The maximum atomic E-state index is 13.4. The maximum absolute atomic E-state index is 13.4. The van der Waals surface area contributed by atoms with Gasteiger partial charge >= 0.3 is 0 Å². The van der Waals surface area contributed by atoms with Gasteiger partial charge in [-0.2, -0.15) is 5.26 Å². The lowest BCUT2D eigenvalue weighted by molar-refractivity contribution is 0.322. The second-order valence-electron chi connectivity index (χ2n) is 3.76. The third-order valence-corrected chi connectivity index (χ3v) is 4.05. The van der Waals surface area contributed by atoms with Gasteiger partial charge in [0, 0.05) is 0 Å². The standard InChI is InChI=1S/C12H14FNO3S/c1-2-6-18(15,16)7-5-17-12-4-3-10(9-14)8-11(12)13/h3-4,8H,2,5-7H2,1H3. The van der Waals surface area contributed by atoms with E-state index in [-0.39, 0.29) is 29.4 Å². The van der Waals surface area contributed by atoms with Crippen molar-refractivity contribution in [2.75, 3.05) is 18.1 Å². The molecular weight excluding hydrogens is 257 g/mol. The average molecular weight is 271 g/mol. The van der Waals surface area contributed by atoms with Gasteiger partial charge in [0.15, 0.2) is 21.4 Å². The van der Waals surface area contributed by atoms with E-state index in [2.05, 4.69) is 0 Å². The molecule has 0 aliphatic carbocycles. The molecule has 98 valence electrons. The maximum Gasteiger partial charge on any atom is 0.166 e. The lowest BCUT2D eigenvalue weighted by atomic mass is 10.2. The molecule has 0 saturated carbocycles. The van der Waals surface area contributed by atoms with Crippen molar-refractivity contribution in [3.63, 3.8) is 0 Å². The van der Waals surface area contributed by atoms with E-state index in [0.29, 0.717) is 6.42 Å². The van der Waals surface area contributed by atoms with E-state index >= 15 is 0 Å². The van der Waals surface area contributed by atoms with Crippen LogP contribution in [0.3, 0.4) is 0 Å². The predicted octanol–water partition coefficient (Wildman–Crippen LogP) is 1.90. The number of hydrogen-bond donors (Lipinski definition) is 0. The van der Waals surface area contributed by atoms with Crippen LogP contribution in [0, 0.1) is 17.1 Å². The van der Waals surface area contributed by atoms with Crippen LogP contribution >= 0.6 is 0 Å². The quantitative estimate of drug-likeness (QED) is 0.792. The van der Waals surface area contributed by atoms with Crippen molar-refractivity contribution < 1.29 is 17.5 Å². The van der Waals surface area contributed by atoms with Crippen LogP contribution in [0.4, 0.5) is 4.39 Å². The summed E-state index contributed by atoms with van der Waals surface area (Å²) in [5.41, 5.74) is 0.193. The fourth-order valence-corrected chi connectivity index (χ4v) is 2.54. The van der Waals surface area contributed by atoms with E-state index in [4.69, 9.17) is 10.00 Å². The van der Waals surface area contributed by atoms with Crippen LogP contribution in [0.15, 0.2) is 18.2 Å². The Labute approximate surface area is 106 Å². The number of nitrogens with zero attached hydrogens (tertiary/aromatic N) is 1. The molecule has 0 N–H and O–H groups in total. The summed E-state index contributed by atoms with van der Waals surface area (Å²) in [6, 6.07) is 5.59. The lowest BCUT2D eigenvalue weighted by Gasteiger charge is -2.07. The molecule has 6 heteroatoms. The predicted molar refractivity (Wildman–Crippen MR) is 65.6 cm³/mol. The Morgan fingerprint density at radius 2 is 2.11 bits per heavy atom. The molecule has 1 aromatic rings. The highest BCUT2D eigenvalue weighted by molar-refractivity contribution is 7.91. The molecule has 0 spiro atoms. The molecule has 0 bridgehead atoms. The summed E-state index contributed by atoms with van der Waals surface area (Å²) in [6.45, 7) is 1.68. The second kappa shape index (κ2) is 6.36. The number of hydrogen-bond acceptors (Lipinski definition) is 4. The van der Waals surface area contributed by atoms with Crippen molar-refractivity contribution in [2.24, 2.45) is 0 Å². The Balaban J connectivity index is 2.58. The Morgan fingerprint density at radius 3 is 2.67 bits per heavy atom. The van der Waals surface area contributed by atoms with Gasteiger partial charge in [-0.3, -0.25) is 0 Å². The minimum Gasteiger partial charge on any atom is -0.489 e. The van der Waals surface area contributed by atoms with E-state index in [1.807, 2.05) is 0 Å². The van der Waals surface area contributed by atoms with Crippen LogP contribution in [0.1, 0.15) is 18.9 Å². The van der Waals surface area contributed by atoms with E-state index < -0.39 is 15.7 Å². The van der Waals surface area contributed by atoms with Crippen molar-refractivity contribution >= 4 is 9.84 Å². The highest BCUT2D eigenvalue weighted by Gasteiger charge is 2.11.